The monoisotopic (exact) mass is 592 g/mol. The molecule has 0 saturated carbocycles. The highest BCUT2D eigenvalue weighted by atomic mass is 16.5. The molecule has 0 atom stereocenters. The van der Waals surface area contributed by atoms with E-state index in [0.29, 0.717) is 49.9 Å². The average molecular weight is 593 g/mol. The van der Waals surface area contributed by atoms with E-state index >= 15 is 0 Å². The molecule has 226 valence electrons. The van der Waals surface area contributed by atoms with Crippen molar-refractivity contribution in [1.29, 1.82) is 0 Å². The maximum atomic E-state index is 13.6. The smallest absolute Gasteiger partial charge is 0.274 e. The molecule has 2 aliphatic rings. The van der Waals surface area contributed by atoms with E-state index in [1.54, 1.807) is 36.3 Å². The van der Waals surface area contributed by atoms with Crippen molar-refractivity contribution in [3.8, 4) is 11.1 Å². The quantitative estimate of drug-likeness (QED) is 0.358. The van der Waals surface area contributed by atoms with E-state index in [1.807, 2.05) is 61.2 Å². The van der Waals surface area contributed by atoms with Gasteiger partial charge in [-0.3, -0.25) is 14.4 Å². The third-order valence-electron chi connectivity index (χ3n) is 8.35. The van der Waals surface area contributed by atoms with Gasteiger partial charge in [0.2, 0.25) is 0 Å². The van der Waals surface area contributed by atoms with Crippen molar-refractivity contribution < 1.29 is 14.3 Å². The summed E-state index contributed by atoms with van der Waals surface area (Å²) in [6, 6.07) is 17.1. The number of benzene rings is 2. The van der Waals surface area contributed by atoms with Crippen molar-refractivity contribution in [2.24, 2.45) is 7.05 Å². The first-order valence-corrected chi connectivity index (χ1v) is 14.7. The Hall–Kier alpha value is -4.96. The molecule has 0 aliphatic carbocycles. The normalized spacial score (nSPS) is 14.8. The van der Waals surface area contributed by atoms with E-state index in [4.69, 9.17) is 4.74 Å². The van der Waals surface area contributed by atoms with Gasteiger partial charge in [0, 0.05) is 75.7 Å². The molecule has 1 fully saturated rings. The highest BCUT2D eigenvalue weighted by Gasteiger charge is 2.27. The fraction of sp³-hybridized carbons (Fsp3) is 0.294. The number of nitrogens with zero attached hydrogens (tertiary/aromatic N) is 5. The Labute approximate surface area is 256 Å². The molecule has 0 radical (unpaired) electrons. The zero-order valence-corrected chi connectivity index (χ0v) is 25.5. The predicted octanol–water partition coefficient (Wildman–Crippen LogP) is 4.24. The Morgan fingerprint density at radius 1 is 0.977 bits per heavy atom. The summed E-state index contributed by atoms with van der Waals surface area (Å²) < 4.78 is 6.87. The molecule has 6 rings (SSSR count). The second kappa shape index (κ2) is 12.0. The summed E-state index contributed by atoms with van der Waals surface area (Å²) in [5, 5.41) is 3.14. The Bertz CT molecular complexity index is 1790. The van der Waals surface area contributed by atoms with Crippen molar-refractivity contribution in [3.63, 3.8) is 0 Å². The number of hydrogen-bond donors (Lipinski definition) is 1. The number of rotatable bonds is 6. The molecule has 2 aromatic heterocycles. The molecular formula is C34H36N6O4. The second-order valence-corrected chi connectivity index (χ2v) is 11.4. The topological polar surface area (TPSA) is 100 Å². The van der Waals surface area contributed by atoms with E-state index in [2.05, 4.69) is 16.4 Å². The lowest BCUT2D eigenvalue weighted by Gasteiger charge is -2.31. The highest BCUT2D eigenvalue weighted by molar-refractivity contribution is 6.09. The van der Waals surface area contributed by atoms with Gasteiger partial charge >= 0.3 is 0 Å². The maximum absolute atomic E-state index is 13.6. The minimum absolute atomic E-state index is 0.0127. The van der Waals surface area contributed by atoms with Crippen molar-refractivity contribution >= 4 is 34.7 Å². The van der Waals surface area contributed by atoms with E-state index in [1.165, 1.54) is 10.8 Å². The Morgan fingerprint density at radius 2 is 1.77 bits per heavy atom. The molecule has 0 bridgehead atoms. The molecule has 10 nitrogen and oxygen atoms in total. The second-order valence-electron chi connectivity index (χ2n) is 11.4. The molecule has 4 heterocycles. The number of aromatic nitrogens is 2. The number of amides is 2. The van der Waals surface area contributed by atoms with Crippen LogP contribution in [0, 0.1) is 6.92 Å². The van der Waals surface area contributed by atoms with Crippen LogP contribution in [0.5, 0.6) is 0 Å². The third-order valence-corrected chi connectivity index (χ3v) is 8.35. The van der Waals surface area contributed by atoms with Crippen molar-refractivity contribution in [2.45, 2.75) is 13.3 Å². The number of morpholine rings is 1. The summed E-state index contributed by atoms with van der Waals surface area (Å²) in [5.74, 6) is 0.356. The standard InChI is InChI=1S/C34H36N6O4/c1-22-27(6-5-7-30(22)40-13-12-23-18-26(37(2)3)9-10-28(23)33(40)42)25-19-29(34(43)38(4)21-25)36-31-11-8-24(20-35-31)32(41)39-14-16-44-17-15-39/h5-11,18-21H,12-17H2,1-4H3,(H,35,36). The lowest BCUT2D eigenvalue weighted by Crippen LogP contribution is -2.40. The maximum Gasteiger partial charge on any atom is 0.274 e. The lowest BCUT2D eigenvalue weighted by atomic mass is 9.95. The molecule has 1 N–H and O–H groups in total. The Balaban J connectivity index is 1.26. The number of aryl methyl sites for hydroxylation is 1. The number of carbonyl (C=O) groups is 2. The molecule has 0 unspecified atom stereocenters. The number of hydrogen-bond acceptors (Lipinski definition) is 7. The molecule has 2 aliphatic heterocycles. The van der Waals surface area contributed by atoms with Gasteiger partial charge in [0.15, 0.2) is 0 Å². The number of nitrogens with one attached hydrogen (secondary N) is 1. The number of fused-ring (bicyclic) bond motifs is 1. The van der Waals surface area contributed by atoms with Gasteiger partial charge in [-0.25, -0.2) is 4.98 Å². The number of pyridine rings is 2. The zero-order chi connectivity index (χ0) is 31.0. The summed E-state index contributed by atoms with van der Waals surface area (Å²) in [6.45, 7) is 4.76. The molecule has 44 heavy (non-hydrogen) atoms. The Kier molecular flexibility index (Phi) is 7.92. The van der Waals surface area contributed by atoms with Crippen LogP contribution in [0.1, 0.15) is 31.8 Å². The van der Waals surface area contributed by atoms with Gasteiger partial charge in [0.1, 0.15) is 11.5 Å². The fourth-order valence-electron chi connectivity index (χ4n) is 5.84. The summed E-state index contributed by atoms with van der Waals surface area (Å²) in [6.07, 6.45) is 4.09. The SMILES string of the molecule is Cc1c(-c2cc(Nc3ccc(C(=O)N4CCOCC4)cn3)c(=O)n(C)c2)cccc1N1CCc2cc(N(C)C)ccc2C1=O. The Morgan fingerprint density at radius 3 is 2.50 bits per heavy atom. The molecular weight excluding hydrogens is 556 g/mol. The molecule has 0 spiro atoms. The van der Waals surface area contributed by atoms with Crippen LogP contribution in [0.4, 0.5) is 22.9 Å². The van der Waals surface area contributed by atoms with Crippen LogP contribution in [0.15, 0.2) is 71.8 Å². The van der Waals surface area contributed by atoms with Crippen LogP contribution in [-0.2, 0) is 18.2 Å². The number of anilines is 4. The van der Waals surface area contributed by atoms with Crippen LogP contribution in [0.25, 0.3) is 11.1 Å². The number of carbonyl (C=O) groups excluding carboxylic acids is 2. The van der Waals surface area contributed by atoms with Gasteiger partial charge in [-0.15, -0.1) is 0 Å². The van der Waals surface area contributed by atoms with E-state index in [9.17, 15) is 14.4 Å². The summed E-state index contributed by atoms with van der Waals surface area (Å²) in [7, 11) is 5.70. The lowest BCUT2D eigenvalue weighted by molar-refractivity contribution is 0.0302. The van der Waals surface area contributed by atoms with Crippen LogP contribution in [0.2, 0.25) is 0 Å². The summed E-state index contributed by atoms with van der Waals surface area (Å²) in [4.78, 5) is 49.6. The first-order valence-electron chi connectivity index (χ1n) is 14.7. The van der Waals surface area contributed by atoms with E-state index in [0.717, 1.165) is 45.6 Å². The summed E-state index contributed by atoms with van der Waals surface area (Å²) in [5.41, 5.74) is 7.04. The van der Waals surface area contributed by atoms with Gasteiger partial charge in [0.05, 0.1) is 18.8 Å². The summed E-state index contributed by atoms with van der Waals surface area (Å²) >= 11 is 0. The highest BCUT2D eigenvalue weighted by Crippen LogP contribution is 2.34. The zero-order valence-electron chi connectivity index (χ0n) is 25.5. The third kappa shape index (κ3) is 5.56. The van der Waals surface area contributed by atoms with Crippen molar-refractivity contribution in [2.75, 3.05) is 62.1 Å². The molecule has 10 heteroatoms. The average Bonchev–Trinajstić information content (AvgIpc) is 3.04. The van der Waals surface area contributed by atoms with Crippen LogP contribution >= 0.6 is 0 Å². The van der Waals surface area contributed by atoms with Crippen molar-refractivity contribution in [1.82, 2.24) is 14.5 Å². The van der Waals surface area contributed by atoms with E-state index in [-0.39, 0.29) is 17.4 Å². The minimum atomic E-state index is -0.210. The van der Waals surface area contributed by atoms with Crippen LogP contribution in [0.3, 0.4) is 0 Å². The van der Waals surface area contributed by atoms with Crippen LogP contribution < -0.4 is 20.7 Å². The van der Waals surface area contributed by atoms with Crippen molar-refractivity contribution in [3.05, 3.63) is 99.6 Å². The minimum Gasteiger partial charge on any atom is -0.378 e. The molecule has 1 saturated heterocycles. The molecule has 2 aromatic carbocycles. The van der Waals surface area contributed by atoms with E-state index < -0.39 is 0 Å². The van der Waals surface area contributed by atoms with Crippen LogP contribution in [-0.4, -0.2) is 73.2 Å². The van der Waals surface area contributed by atoms with Gasteiger partial charge in [-0.1, -0.05) is 12.1 Å². The largest absolute Gasteiger partial charge is 0.378 e. The molecule has 4 aromatic rings. The molecule has 2 amide bonds. The fourth-order valence-corrected chi connectivity index (χ4v) is 5.84. The first-order chi connectivity index (χ1) is 21.2. The van der Waals surface area contributed by atoms with Gasteiger partial charge < -0.3 is 29.3 Å². The first kappa shape index (κ1) is 29.1. The van der Waals surface area contributed by atoms with Gasteiger partial charge in [-0.2, -0.15) is 0 Å². The van der Waals surface area contributed by atoms with Gasteiger partial charge in [0.25, 0.3) is 17.4 Å². The van der Waals surface area contributed by atoms with Gasteiger partial charge in [-0.05, 0) is 72.5 Å². The number of ether oxygens (including phenoxy) is 1. The predicted molar refractivity (Wildman–Crippen MR) is 172 cm³/mol.